The molecule has 2 rings (SSSR count). The van der Waals surface area contributed by atoms with Gasteiger partial charge in [-0.3, -0.25) is 4.79 Å². The molecule has 5 nitrogen and oxygen atoms in total. The minimum atomic E-state index is -0.365. The second kappa shape index (κ2) is 6.38. The summed E-state index contributed by atoms with van der Waals surface area (Å²) in [6.07, 6.45) is 2.02. The zero-order valence-corrected chi connectivity index (χ0v) is 11.6. The van der Waals surface area contributed by atoms with Crippen LogP contribution in [0.4, 0.5) is 0 Å². The van der Waals surface area contributed by atoms with Crippen molar-refractivity contribution in [3.8, 4) is 11.4 Å². The average Bonchev–Trinajstić information content (AvgIpc) is 2.87. The first-order valence-corrected chi connectivity index (χ1v) is 7.08. The molecule has 1 aromatic heterocycles. The summed E-state index contributed by atoms with van der Waals surface area (Å²) in [5, 5.41) is 3.85. The first kappa shape index (κ1) is 13.6. The van der Waals surface area contributed by atoms with Gasteiger partial charge in [-0.1, -0.05) is 5.16 Å². The van der Waals surface area contributed by atoms with E-state index in [0.29, 0.717) is 12.4 Å². The zero-order valence-electron chi connectivity index (χ0n) is 10.8. The largest absolute Gasteiger partial charge is 0.466 e. The molecule has 0 spiro atoms. The van der Waals surface area contributed by atoms with Crippen LogP contribution in [-0.4, -0.2) is 29.0 Å². The first-order valence-electron chi connectivity index (χ1n) is 5.85. The number of hydrogen-bond acceptors (Lipinski definition) is 6. The van der Waals surface area contributed by atoms with Crippen molar-refractivity contribution >= 4 is 17.7 Å². The lowest BCUT2D eigenvalue weighted by Gasteiger charge is -1.97. The van der Waals surface area contributed by atoms with E-state index >= 15 is 0 Å². The summed E-state index contributed by atoms with van der Waals surface area (Å²) in [5.74, 6) is 0.379. The van der Waals surface area contributed by atoms with E-state index in [0.717, 1.165) is 5.56 Å². The van der Waals surface area contributed by atoms with Crippen molar-refractivity contribution in [3.05, 3.63) is 30.2 Å². The molecule has 0 fully saturated rings. The molecule has 0 aliphatic carbocycles. The lowest BCUT2D eigenvalue weighted by molar-refractivity contribution is -0.142. The molecule has 6 heteroatoms. The van der Waals surface area contributed by atoms with Crippen LogP contribution in [-0.2, 0) is 16.0 Å². The van der Waals surface area contributed by atoms with E-state index < -0.39 is 0 Å². The predicted molar refractivity (Wildman–Crippen MR) is 71.9 cm³/mol. The molecule has 0 radical (unpaired) electrons. The molecule has 0 aliphatic heterocycles. The molecule has 0 unspecified atom stereocenters. The van der Waals surface area contributed by atoms with Crippen molar-refractivity contribution in [1.29, 1.82) is 0 Å². The molecule has 0 N–H and O–H groups in total. The molecular weight excluding hydrogens is 264 g/mol. The summed E-state index contributed by atoms with van der Waals surface area (Å²) in [6, 6.07) is 7.82. The van der Waals surface area contributed by atoms with Crippen molar-refractivity contribution in [2.24, 2.45) is 0 Å². The summed E-state index contributed by atoms with van der Waals surface area (Å²) in [5.41, 5.74) is 0.858. The van der Waals surface area contributed by atoms with Crippen LogP contribution in [0.2, 0.25) is 0 Å². The summed E-state index contributed by atoms with van der Waals surface area (Å²) in [4.78, 5) is 16.6. The highest BCUT2D eigenvalue weighted by atomic mass is 32.2. The van der Waals surface area contributed by atoms with E-state index in [1.54, 1.807) is 18.7 Å². The number of aromatic nitrogens is 2. The Morgan fingerprint density at radius 2 is 2.11 bits per heavy atom. The average molecular weight is 278 g/mol. The summed E-state index contributed by atoms with van der Waals surface area (Å²) >= 11 is 1.67. The standard InChI is InChI=1S/C13H14N2O3S/c1-3-17-12(16)8-11-14-13(15-18-11)9-4-6-10(19-2)7-5-9/h4-7H,3,8H2,1-2H3. The van der Waals surface area contributed by atoms with Gasteiger partial charge in [-0.15, -0.1) is 11.8 Å². The maximum atomic E-state index is 11.3. The number of carbonyl (C=O) groups is 1. The van der Waals surface area contributed by atoms with Gasteiger partial charge >= 0.3 is 5.97 Å². The van der Waals surface area contributed by atoms with Gasteiger partial charge in [0.15, 0.2) is 0 Å². The molecular formula is C13H14N2O3S. The molecule has 1 heterocycles. The van der Waals surface area contributed by atoms with Crippen LogP contribution in [0.5, 0.6) is 0 Å². The molecule has 1 aromatic carbocycles. The molecule has 0 bridgehead atoms. The molecule has 0 aliphatic rings. The second-order valence-electron chi connectivity index (χ2n) is 3.72. The monoisotopic (exact) mass is 278 g/mol. The fraction of sp³-hybridized carbons (Fsp3) is 0.308. The van der Waals surface area contributed by atoms with E-state index in [1.807, 2.05) is 30.5 Å². The molecule has 0 atom stereocenters. The Bertz CT molecular complexity index is 551. The van der Waals surface area contributed by atoms with Gasteiger partial charge in [-0.05, 0) is 37.4 Å². The number of thioether (sulfide) groups is 1. The van der Waals surface area contributed by atoms with E-state index in [4.69, 9.17) is 9.26 Å². The zero-order chi connectivity index (χ0) is 13.7. The van der Waals surface area contributed by atoms with Gasteiger partial charge in [0.05, 0.1) is 6.61 Å². The van der Waals surface area contributed by atoms with Crippen molar-refractivity contribution in [3.63, 3.8) is 0 Å². The number of hydrogen-bond donors (Lipinski definition) is 0. The van der Waals surface area contributed by atoms with Gasteiger partial charge < -0.3 is 9.26 Å². The van der Waals surface area contributed by atoms with Crippen LogP contribution in [0.15, 0.2) is 33.7 Å². The Labute approximate surface area is 115 Å². The highest BCUT2D eigenvalue weighted by Gasteiger charge is 2.13. The van der Waals surface area contributed by atoms with Gasteiger partial charge in [0, 0.05) is 10.5 Å². The van der Waals surface area contributed by atoms with E-state index in [-0.39, 0.29) is 18.3 Å². The normalized spacial score (nSPS) is 10.4. The molecule has 0 saturated heterocycles. The first-order chi connectivity index (χ1) is 9.22. The minimum absolute atomic E-state index is 0.00371. The topological polar surface area (TPSA) is 65.2 Å². The lowest BCUT2D eigenvalue weighted by atomic mass is 10.2. The molecule has 2 aromatic rings. The van der Waals surface area contributed by atoms with Gasteiger partial charge in [0.25, 0.3) is 0 Å². The van der Waals surface area contributed by atoms with Crippen LogP contribution >= 0.6 is 11.8 Å². The molecule has 0 amide bonds. The Morgan fingerprint density at radius 3 is 2.74 bits per heavy atom. The van der Waals surface area contributed by atoms with Gasteiger partial charge in [-0.25, -0.2) is 0 Å². The van der Waals surface area contributed by atoms with Gasteiger partial charge in [-0.2, -0.15) is 4.98 Å². The van der Waals surface area contributed by atoms with E-state index in [9.17, 15) is 4.79 Å². The van der Waals surface area contributed by atoms with Crippen LogP contribution in [0.25, 0.3) is 11.4 Å². The molecule has 19 heavy (non-hydrogen) atoms. The number of esters is 1. The number of benzene rings is 1. The molecule has 100 valence electrons. The maximum absolute atomic E-state index is 11.3. The highest BCUT2D eigenvalue weighted by molar-refractivity contribution is 7.98. The third-order valence-electron chi connectivity index (χ3n) is 2.42. The fourth-order valence-electron chi connectivity index (χ4n) is 1.52. The number of nitrogens with zero attached hydrogens (tertiary/aromatic N) is 2. The minimum Gasteiger partial charge on any atom is -0.466 e. The van der Waals surface area contributed by atoms with Gasteiger partial charge in [0.1, 0.15) is 6.42 Å². The van der Waals surface area contributed by atoms with E-state index in [2.05, 4.69) is 10.1 Å². The number of carbonyl (C=O) groups excluding carboxylic acids is 1. The van der Waals surface area contributed by atoms with Crippen LogP contribution in [0, 0.1) is 0 Å². The quantitative estimate of drug-likeness (QED) is 0.618. The second-order valence-corrected chi connectivity index (χ2v) is 4.60. The molecule has 0 saturated carbocycles. The summed E-state index contributed by atoms with van der Waals surface area (Å²) in [6.45, 7) is 2.10. The van der Waals surface area contributed by atoms with E-state index in [1.165, 1.54) is 4.90 Å². The number of ether oxygens (including phenoxy) is 1. The Balaban J connectivity index is 2.09. The Morgan fingerprint density at radius 1 is 1.37 bits per heavy atom. The third kappa shape index (κ3) is 3.57. The Hall–Kier alpha value is -1.82. The van der Waals surface area contributed by atoms with Crippen LogP contribution in [0.3, 0.4) is 0 Å². The SMILES string of the molecule is CCOC(=O)Cc1nc(-c2ccc(SC)cc2)no1. The summed E-state index contributed by atoms with van der Waals surface area (Å²) < 4.78 is 9.85. The summed E-state index contributed by atoms with van der Waals surface area (Å²) in [7, 11) is 0. The van der Waals surface area contributed by atoms with Crippen molar-refractivity contribution in [1.82, 2.24) is 10.1 Å². The third-order valence-corrected chi connectivity index (χ3v) is 3.16. The Kier molecular flexibility index (Phi) is 4.57. The van der Waals surface area contributed by atoms with Crippen molar-refractivity contribution in [2.75, 3.05) is 12.9 Å². The lowest BCUT2D eigenvalue weighted by Crippen LogP contribution is -2.07. The van der Waals surface area contributed by atoms with Gasteiger partial charge in [0.2, 0.25) is 11.7 Å². The van der Waals surface area contributed by atoms with Crippen LogP contribution < -0.4 is 0 Å². The fourth-order valence-corrected chi connectivity index (χ4v) is 1.93. The van der Waals surface area contributed by atoms with Crippen molar-refractivity contribution < 1.29 is 14.1 Å². The number of rotatable bonds is 5. The highest BCUT2D eigenvalue weighted by Crippen LogP contribution is 2.20. The predicted octanol–water partition coefficient (Wildman–Crippen LogP) is 2.56. The maximum Gasteiger partial charge on any atom is 0.315 e. The smallest absolute Gasteiger partial charge is 0.315 e. The van der Waals surface area contributed by atoms with Crippen molar-refractivity contribution in [2.45, 2.75) is 18.2 Å². The van der Waals surface area contributed by atoms with Crippen LogP contribution in [0.1, 0.15) is 12.8 Å².